The summed E-state index contributed by atoms with van der Waals surface area (Å²) in [5.41, 5.74) is 0. The fourth-order valence-electron chi connectivity index (χ4n) is 1.29. The molecule has 0 spiro atoms. The number of hydrogen-bond acceptors (Lipinski definition) is 3. The predicted octanol–water partition coefficient (Wildman–Crippen LogP) is 1.73. The molecule has 14 heavy (non-hydrogen) atoms. The van der Waals surface area contributed by atoms with E-state index in [0.29, 0.717) is 12.5 Å². The Morgan fingerprint density at radius 3 is 2.43 bits per heavy atom. The lowest BCUT2D eigenvalue weighted by atomic mass is 10.0. The topological polar surface area (TPSA) is 49.7 Å². The number of unbranched alkanes of at least 4 members (excludes halogenated alkanes) is 1. The maximum Gasteiger partial charge on any atom is 0.186 e. The van der Waals surface area contributed by atoms with Gasteiger partial charge in [0.15, 0.2) is 5.79 Å². The second kappa shape index (κ2) is 7.21. The van der Waals surface area contributed by atoms with Crippen molar-refractivity contribution < 1.29 is 14.9 Å². The van der Waals surface area contributed by atoms with Gasteiger partial charge in [0.2, 0.25) is 0 Å². The Bertz CT molecular complexity index is 129. The number of ether oxygens (including phenoxy) is 1. The van der Waals surface area contributed by atoms with Crippen LogP contribution >= 0.6 is 0 Å². The van der Waals surface area contributed by atoms with Gasteiger partial charge in [-0.1, -0.05) is 33.1 Å². The Labute approximate surface area is 87.1 Å². The van der Waals surface area contributed by atoms with Gasteiger partial charge in [-0.3, -0.25) is 0 Å². The summed E-state index contributed by atoms with van der Waals surface area (Å²) in [7, 11) is 0. The predicted molar refractivity (Wildman–Crippen MR) is 56.7 cm³/mol. The van der Waals surface area contributed by atoms with E-state index in [0.717, 1.165) is 12.8 Å². The van der Waals surface area contributed by atoms with Crippen molar-refractivity contribution in [2.75, 3.05) is 13.2 Å². The monoisotopic (exact) mass is 203 g/mol. The van der Waals surface area contributed by atoms with Gasteiger partial charge in [0.1, 0.15) is 6.61 Å². The minimum Gasteiger partial charge on any atom is -0.376 e. The second-order valence-electron chi connectivity index (χ2n) is 3.91. The lowest BCUT2D eigenvalue weighted by Gasteiger charge is -2.19. The molecule has 0 bridgehead atoms. The van der Waals surface area contributed by atoms with Crippen molar-refractivity contribution >= 4 is 0 Å². The molecule has 0 unspecified atom stereocenters. The van der Waals surface area contributed by atoms with Gasteiger partial charge in [0.05, 0.1) is 0 Å². The Morgan fingerprint density at radius 1 is 1.36 bits per heavy atom. The maximum atomic E-state index is 8.90. The van der Waals surface area contributed by atoms with Crippen LogP contribution in [0.25, 0.3) is 0 Å². The Balaban J connectivity index is 3.52. The third-order valence-corrected chi connectivity index (χ3v) is 2.23. The van der Waals surface area contributed by atoms with Crippen LogP contribution in [0.4, 0.5) is 0 Å². The van der Waals surface area contributed by atoms with Gasteiger partial charge in [0, 0.05) is 13.5 Å². The molecule has 0 saturated heterocycles. The fraction of sp³-hybridized carbons (Fsp3) is 0.909. The molecule has 1 atom stereocenters. The van der Waals surface area contributed by atoms with Crippen LogP contribution in [0.3, 0.4) is 0 Å². The first-order valence-electron chi connectivity index (χ1n) is 5.37. The summed E-state index contributed by atoms with van der Waals surface area (Å²) < 4.78 is 5.19. The summed E-state index contributed by atoms with van der Waals surface area (Å²) >= 11 is 0. The summed E-state index contributed by atoms with van der Waals surface area (Å²) in [6.07, 6.45) is 4.61. The smallest absolute Gasteiger partial charge is 0.186 e. The molecule has 0 saturated carbocycles. The second-order valence-corrected chi connectivity index (χ2v) is 3.91. The molecule has 3 nitrogen and oxygen atoms in total. The van der Waals surface area contributed by atoms with Crippen LogP contribution in [0.15, 0.2) is 0 Å². The van der Waals surface area contributed by atoms with Crippen LogP contribution in [-0.4, -0.2) is 29.2 Å². The molecule has 0 aliphatic carbocycles. The van der Waals surface area contributed by atoms with E-state index in [4.69, 9.17) is 14.9 Å². The minimum absolute atomic E-state index is 0.115. The zero-order valence-corrected chi connectivity index (χ0v) is 9.33. The van der Waals surface area contributed by atoms with E-state index in [9.17, 15) is 0 Å². The van der Waals surface area contributed by atoms with Gasteiger partial charge < -0.3 is 14.9 Å². The molecule has 85 valence electrons. The Morgan fingerprint density at radius 2 is 2.00 bits per heavy atom. The molecule has 0 aromatic rings. The Hall–Kier alpha value is -0.120. The highest BCUT2D eigenvalue weighted by molar-refractivity contribution is 4.65. The van der Waals surface area contributed by atoms with Crippen LogP contribution in [0.1, 0.15) is 39.5 Å². The molecular formula is C11H23O3. The molecule has 0 heterocycles. The standard InChI is InChI=1S/C11H23O3/c1-4-6-7-10(5-2)8-14-9-11(3,12)13/h10,12-13H,3-9H2,1-2H3/t10-/m1/s1. The van der Waals surface area contributed by atoms with E-state index in [1.807, 2.05) is 0 Å². The number of aliphatic hydroxyl groups is 2. The van der Waals surface area contributed by atoms with Crippen LogP contribution in [-0.2, 0) is 4.74 Å². The molecule has 0 aliphatic rings. The van der Waals surface area contributed by atoms with Crippen molar-refractivity contribution in [2.24, 2.45) is 5.92 Å². The van der Waals surface area contributed by atoms with Crippen molar-refractivity contribution in [1.29, 1.82) is 0 Å². The number of rotatable bonds is 8. The third-order valence-electron chi connectivity index (χ3n) is 2.23. The van der Waals surface area contributed by atoms with Crippen LogP contribution in [0.5, 0.6) is 0 Å². The third kappa shape index (κ3) is 8.48. The quantitative estimate of drug-likeness (QED) is 0.591. The Kier molecular flexibility index (Phi) is 7.15. The molecular weight excluding hydrogens is 180 g/mol. The summed E-state index contributed by atoms with van der Waals surface area (Å²) in [6, 6.07) is 0. The first kappa shape index (κ1) is 13.9. The summed E-state index contributed by atoms with van der Waals surface area (Å²) in [6.45, 7) is 7.90. The van der Waals surface area contributed by atoms with Crippen molar-refractivity contribution in [1.82, 2.24) is 0 Å². The molecule has 0 fully saturated rings. The van der Waals surface area contributed by atoms with E-state index in [1.54, 1.807) is 0 Å². The first-order chi connectivity index (χ1) is 6.49. The van der Waals surface area contributed by atoms with E-state index >= 15 is 0 Å². The van der Waals surface area contributed by atoms with Crippen molar-refractivity contribution in [3.8, 4) is 0 Å². The van der Waals surface area contributed by atoms with Gasteiger partial charge in [-0.2, -0.15) is 0 Å². The van der Waals surface area contributed by atoms with Gasteiger partial charge in [0.25, 0.3) is 0 Å². The molecule has 0 aliphatic heterocycles. The van der Waals surface area contributed by atoms with Gasteiger partial charge >= 0.3 is 0 Å². The van der Waals surface area contributed by atoms with E-state index in [2.05, 4.69) is 20.8 Å². The molecule has 0 amide bonds. The van der Waals surface area contributed by atoms with Crippen molar-refractivity contribution in [3.05, 3.63) is 6.92 Å². The van der Waals surface area contributed by atoms with Gasteiger partial charge in [-0.25, -0.2) is 0 Å². The molecule has 0 rings (SSSR count). The van der Waals surface area contributed by atoms with E-state index in [-0.39, 0.29) is 6.61 Å². The first-order valence-corrected chi connectivity index (χ1v) is 5.37. The average molecular weight is 203 g/mol. The average Bonchev–Trinajstić information content (AvgIpc) is 2.09. The molecule has 0 aromatic heterocycles. The minimum atomic E-state index is -1.94. The van der Waals surface area contributed by atoms with Crippen LogP contribution in [0, 0.1) is 12.8 Å². The zero-order valence-electron chi connectivity index (χ0n) is 9.33. The lowest BCUT2D eigenvalue weighted by molar-refractivity contribution is -0.166. The molecule has 0 aromatic carbocycles. The highest BCUT2D eigenvalue weighted by Gasteiger charge is 2.16. The largest absolute Gasteiger partial charge is 0.376 e. The van der Waals surface area contributed by atoms with E-state index < -0.39 is 5.79 Å². The SMILES string of the molecule is [CH2]C(O)(O)COC[C@H](CC)CCCC. The van der Waals surface area contributed by atoms with Gasteiger partial charge in [-0.05, 0) is 12.3 Å². The van der Waals surface area contributed by atoms with Crippen molar-refractivity contribution in [3.63, 3.8) is 0 Å². The van der Waals surface area contributed by atoms with Crippen LogP contribution < -0.4 is 0 Å². The fourth-order valence-corrected chi connectivity index (χ4v) is 1.29. The van der Waals surface area contributed by atoms with Crippen LogP contribution in [0.2, 0.25) is 0 Å². The van der Waals surface area contributed by atoms with Gasteiger partial charge in [-0.15, -0.1) is 0 Å². The zero-order chi connectivity index (χ0) is 11.0. The highest BCUT2D eigenvalue weighted by Crippen LogP contribution is 2.13. The summed E-state index contributed by atoms with van der Waals surface area (Å²) in [5.74, 6) is -1.42. The normalized spacial score (nSPS) is 14.4. The number of hydrogen-bond donors (Lipinski definition) is 2. The maximum absolute atomic E-state index is 8.90. The molecule has 3 heteroatoms. The lowest BCUT2D eigenvalue weighted by Crippen LogP contribution is -2.31. The highest BCUT2D eigenvalue weighted by atomic mass is 16.6. The summed E-state index contributed by atoms with van der Waals surface area (Å²) in [4.78, 5) is 0. The van der Waals surface area contributed by atoms with E-state index in [1.165, 1.54) is 12.8 Å². The van der Waals surface area contributed by atoms with Crippen molar-refractivity contribution in [2.45, 2.75) is 45.3 Å². The molecule has 2 N–H and O–H groups in total. The molecule has 1 radical (unpaired) electrons. The summed E-state index contributed by atoms with van der Waals surface area (Å²) in [5, 5.41) is 17.8.